The third kappa shape index (κ3) is 8.41. The maximum atomic E-state index is 12.1. The molecule has 0 aliphatic rings. The number of hydrogen-bond acceptors (Lipinski definition) is 4. The Kier molecular flexibility index (Phi) is 7.70. The number of carbonyl (C=O) groups is 2. The molecule has 0 spiro atoms. The smallest absolute Gasteiger partial charge is 0.494 e. The molecule has 0 saturated carbocycles. The number of unbranched alkanes of at least 4 members (excludes halogenated alkanes) is 1. The molecule has 0 saturated heterocycles. The molecule has 0 fully saturated rings. The van der Waals surface area contributed by atoms with Gasteiger partial charge >= 0.3 is 18.4 Å². The van der Waals surface area contributed by atoms with Crippen molar-refractivity contribution >= 4 is 17.7 Å². The second-order valence-electron chi connectivity index (χ2n) is 5.84. The van der Waals surface area contributed by atoms with Gasteiger partial charge in [0.05, 0.1) is 12.2 Å². The number of hydrogen-bond donors (Lipinski definition) is 3. The van der Waals surface area contributed by atoms with Gasteiger partial charge in [-0.1, -0.05) is 0 Å². The Morgan fingerprint density at radius 3 is 2.14 bits per heavy atom. The van der Waals surface area contributed by atoms with E-state index in [9.17, 15) is 22.8 Å². The fraction of sp³-hybridized carbons (Fsp3) is 0.263. The van der Waals surface area contributed by atoms with Crippen molar-refractivity contribution < 1.29 is 37.3 Å². The van der Waals surface area contributed by atoms with Gasteiger partial charge in [0.2, 0.25) is 0 Å². The van der Waals surface area contributed by atoms with E-state index in [4.69, 9.17) is 9.84 Å². The molecule has 2 amide bonds. The zero-order valence-corrected chi connectivity index (χ0v) is 15.2. The van der Waals surface area contributed by atoms with Crippen molar-refractivity contribution in [2.75, 3.05) is 18.5 Å². The molecule has 0 atom stereocenters. The highest BCUT2D eigenvalue weighted by atomic mass is 19.4. The van der Waals surface area contributed by atoms with Gasteiger partial charge in [0.25, 0.3) is 0 Å². The van der Waals surface area contributed by atoms with Crippen LogP contribution in [0.2, 0.25) is 0 Å². The summed E-state index contributed by atoms with van der Waals surface area (Å²) in [4.78, 5) is 22.5. The van der Waals surface area contributed by atoms with Crippen molar-refractivity contribution in [2.45, 2.75) is 19.2 Å². The average Bonchev–Trinajstić information content (AvgIpc) is 2.65. The zero-order chi connectivity index (χ0) is 21.3. The minimum Gasteiger partial charge on any atom is -0.494 e. The summed E-state index contributed by atoms with van der Waals surface area (Å²) in [6.07, 6.45) is -3.47. The van der Waals surface area contributed by atoms with Crippen LogP contribution in [-0.2, 0) is 0 Å². The predicted octanol–water partition coefficient (Wildman–Crippen LogP) is 4.26. The van der Waals surface area contributed by atoms with Gasteiger partial charge in [-0.3, -0.25) is 0 Å². The fourth-order valence-corrected chi connectivity index (χ4v) is 2.23. The standard InChI is InChI=1S/C19H19F3N2O5/c20-19(21,22)29-16-9-5-14(6-10-16)24-18(27)23-11-1-2-12-28-15-7-3-13(4-8-15)17(25)26/h3-10H,1-2,11-12H2,(H,25,26)(H2,23,24,27). The van der Waals surface area contributed by atoms with E-state index in [1.165, 1.54) is 24.3 Å². The van der Waals surface area contributed by atoms with Crippen LogP contribution in [0.1, 0.15) is 23.2 Å². The summed E-state index contributed by atoms with van der Waals surface area (Å²) in [5, 5.41) is 13.9. The number of amides is 2. The lowest BCUT2D eigenvalue weighted by molar-refractivity contribution is -0.274. The minimum atomic E-state index is -4.77. The molecular formula is C19H19F3N2O5. The topological polar surface area (TPSA) is 96.9 Å². The lowest BCUT2D eigenvalue weighted by Gasteiger charge is -2.10. The Morgan fingerprint density at radius 2 is 1.55 bits per heavy atom. The molecule has 29 heavy (non-hydrogen) atoms. The van der Waals surface area contributed by atoms with Gasteiger partial charge < -0.3 is 25.2 Å². The molecule has 0 radical (unpaired) electrons. The summed E-state index contributed by atoms with van der Waals surface area (Å²) in [5.41, 5.74) is 0.500. The minimum absolute atomic E-state index is 0.176. The van der Waals surface area contributed by atoms with Crippen LogP contribution in [0.15, 0.2) is 48.5 Å². The second kappa shape index (κ2) is 10.2. The summed E-state index contributed by atoms with van der Waals surface area (Å²) >= 11 is 0. The highest BCUT2D eigenvalue weighted by Gasteiger charge is 2.30. The number of aromatic carboxylic acids is 1. The van der Waals surface area contributed by atoms with Crippen LogP contribution in [0.3, 0.4) is 0 Å². The molecule has 2 aromatic rings. The Balaban J connectivity index is 1.60. The van der Waals surface area contributed by atoms with Crippen molar-refractivity contribution in [3.8, 4) is 11.5 Å². The summed E-state index contributed by atoms with van der Waals surface area (Å²) in [7, 11) is 0. The number of anilines is 1. The molecule has 0 unspecified atom stereocenters. The number of carbonyl (C=O) groups excluding carboxylic acids is 1. The molecule has 3 N–H and O–H groups in total. The van der Waals surface area contributed by atoms with Crippen LogP contribution in [0, 0.1) is 0 Å². The van der Waals surface area contributed by atoms with Crippen molar-refractivity contribution in [1.29, 1.82) is 0 Å². The molecule has 0 bridgehead atoms. The van der Waals surface area contributed by atoms with E-state index < -0.39 is 18.4 Å². The van der Waals surface area contributed by atoms with E-state index in [0.29, 0.717) is 37.4 Å². The van der Waals surface area contributed by atoms with E-state index in [1.807, 2.05) is 0 Å². The molecule has 0 aliphatic carbocycles. The van der Waals surface area contributed by atoms with Crippen LogP contribution in [0.5, 0.6) is 11.5 Å². The zero-order valence-electron chi connectivity index (χ0n) is 15.2. The maximum Gasteiger partial charge on any atom is 0.573 e. The van der Waals surface area contributed by atoms with Crippen molar-refractivity contribution in [1.82, 2.24) is 5.32 Å². The monoisotopic (exact) mass is 412 g/mol. The highest BCUT2D eigenvalue weighted by Crippen LogP contribution is 2.23. The number of carboxylic acid groups (broad SMARTS) is 1. The van der Waals surface area contributed by atoms with Gasteiger partial charge in [-0.15, -0.1) is 13.2 Å². The number of ether oxygens (including phenoxy) is 2. The number of benzene rings is 2. The summed E-state index contributed by atoms with van der Waals surface area (Å²) in [5.74, 6) is -0.828. The molecule has 2 rings (SSSR count). The Bertz CT molecular complexity index is 808. The lowest BCUT2D eigenvalue weighted by Crippen LogP contribution is -2.29. The van der Waals surface area contributed by atoms with Gasteiger partial charge in [0.1, 0.15) is 11.5 Å². The number of alkyl halides is 3. The van der Waals surface area contributed by atoms with Crippen molar-refractivity contribution in [2.24, 2.45) is 0 Å². The lowest BCUT2D eigenvalue weighted by atomic mass is 10.2. The molecule has 0 aromatic heterocycles. The quantitative estimate of drug-likeness (QED) is 0.535. The molecule has 0 aliphatic heterocycles. The summed E-state index contributed by atoms with van der Waals surface area (Å²) < 4.78 is 45.5. The number of nitrogens with one attached hydrogen (secondary N) is 2. The first-order chi connectivity index (χ1) is 13.7. The van der Waals surface area contributed by atoms with E-state index in [1.54, 1.807) is 12.1 Å². The molecule has 0 heterocycles. The molecular weight excluding hydrogens is 393 g/mol. The second-order valence-corrected chi connectivity index (χ2v) is 5.84. The Labute approximate surface area is 164 Å². The fourth-order valence-electron chi connectivity index (χ4n) is 2.23. The van der Waals surface area contributed by atoms with Gasteiger partial charge in [0, 0.05) is 12.2 Å². The van der Waals surface area contributed by atoms with E-state index >= 15 is 0 Å². The van der Waals surface area contributed by atoms with Gasteiger partial charge in [-0.2, -0.15) is 0 Å². The molecule has 7 nitrogen and oxygen atoms in total. The summed E-state index contributed by atoms with van der Waals surface area (Å²) in [6, 6.07) is 10.3. The third-order valence-corrected chi connectivity index (χ3v) is 3.57. The normalized spacial score (nSPS) is 10.9. The van der Waals surface area contributed by atoms with E-state index in [-0.39, 0.29) is 11.3 Å². The maximum absolute atomic E-state index is 12.1. The van der Waals surface area contributed by atoms with E-state index in [2.05, 4.69) is 15.4 Å². The van der Waals surface area contributed by atoms with Crippen LogP contribution in [0.4, 0.5) is 23.7 Å². The average molecular weight is 412 g/mol. The van der Waals surface area contributed by atoms with Gasteiger partial charge in [-0.05, 0) is 61.4 Å². The third-order valence-electron chi connectivity index (χ3n) is 3.57. The number of halogens is 3. The van der Waals surface area contributed by atoms with Crippen LogP contribution in [-0.4, -0.2) is 36.6 Å². The van der Waals surface area contributed by atoms with Crippen LogP contribution >= 0.6 is 0 Å². The van der Waals surface area contributed by atoms with Gasteiger partial charge in [-0.25, -0.2) is 9.59 Å². The number of urea groups is 1. The first-order valence-corrected chi connectivity index (χ1v) is 8.60. The summed E-state index contributed by atoms with van der Waals surface area (Å²) in [6.45, 7) is 0.777. The number of carboxylic acids is 1. The number of rotatable bonds is 9. The SMILES string of the molecule is O=C(NCCCCOc1ccc(C(=O)O)cc1)Nc1ccc(OC(F)(F)F)cc1. The van der Waals surface area contributed by atoms with Crippen molar-refractivity contribution in [3.05, 3.63) is 54.1 Å². The van der Waals surface area contributed by atoms with E-state index in [0.717, 1.165) is 12.1 Å². The highest BCUT2D eigenvalue weighted by molar-refractivity contribution is 5.89. The Hall–Kier alpha value is -3.43. The predicted molar refractivity (Wildman–Crippen MR) is 98.3 cm³/mol. The van der Waals surface area contributed by atoms with Crippen molar-refractivity contribution in [3.63, 3.8) is 0 Å². The van der Waals surface area contributed by atoms with Gasteiger partial charge in [0.15, 0.2) is 0 Å². The van der Waals surface area contributed by atoms with Crippen LogP contribution in [0.25, 0.3) is 0 Å². The molecule has 2 aromatic carbocycles. The molecule has 156 valence electrons. The first-order valence-electron chi connectivity index (χ1n) is 8.60. The molecule has 10 heteroatoms. The largest absolute Gasteiger partial charge is 0.573 e. The van der Waals surface area contributed by atoms with Crippen LogP contribution < -0.4 is 20.1 Å². The Morgan fingerprint density at radius 1 is 0.931 bits per heavy atom. The first kappa shape index (κ1) is 21.9.